The molecule has 0 fully saturated rings. The van der Waals surface area contributed by atoms with Crippen LogP contribution in [-0.2, 0) is 6.54 Å². The van der Waals surface area contributed by atoms with E-state index in [1.807, 2.05) is 24.3 Å². The predicted octanol–water partition coefficient (Wildman–Crippen LogP) is 4.10. The minimum Gasteiger partial charge on any atom is -0.343 e. The van der Waals surface area contributed by atoms with E-state index in [0.717, 1.165) is 6.54 Å². The highest BCUT2D eigenvalue weighted by molar-refractivity contribution is 9.10. The summed E-state index contributed by atoms with van der Waals surface area (Å²) in [5, 5.41) is 8.78. The van der Waals surface area contributed by atoms with Crippen LogP contribution in [0.25, 0.3) is 0 Å². The van der Waals surface area contributed by atoms with Gasteiger partial charge in [-0.2, -0.15) is 5.26 Å². The third-order valence-electron chi connectivity index (χ3n) is 3.42. The average molecular weight is 303 g/mol. The van der Waals surface area contributed by atoms with Crippen LogP contribution in [-0.4, -0.2) is 4.57 Å². The molecule has 3 heteroatoms. The summed E-state index contributed by atoms with van der Waals surface area (Å²) in [5.41, 5.74) is 5.74. The second-order valence-corrected chi connectivity index (χ2v) is 5.30. The van der Waals surface area contributed by atoms with Crippen LogP contribution in [0.3, 0.4) is 0 Å². The summed E-state index contributed by atoms with van der Waals surface area (Å²) in [6, 6.07) is 9.90. The molecular formula is C15H15BrN2. The summed E-state index contributed by atoms with van der Waals surface area (Å²) in [6.45, 7) is 7.22. The first-order chi connectivity index (χ1) is 8.54. The van der Waals surface area contributed by atoms with Crippen molar-refractivity contribution in [2.24, 2.45) is 0 Å². The van der Waals surface area contributed by atoms with Gasteiger partial charge in [-0.1, -0.05) is 12.1 Å². The zero-order valence-corrected chi connectivity index (χ0v) is 12.4. The van der Waals surface area contributed by atoms with E-state index in [0.29, 0.717) is 5.56 Å². The molecule has 0 unspecified atom stereocenters. The summed E-state index contributed by atoms with van der Waals surface area (Å²) in [5.74, 6) is 0. The fraction of sp³-hybridized carbons (Fsp3) is 0.267. The average Bonchev–Trinajstić information content (AvgIpc) is 2.57. The van der Waals surface area contributed by atoms with Gasteiger partial charge in [0, 0.05) is 22.4 Å². The topological polar surface area (TPSA) is 28.7 Å². The first kappa shape index (κ1) is 12.9. The van der Waals surface area contributed by atoms with Crippen molar-refractivity contribution in [2.75, 3.05) is 0 Å². The molecule has 0 atom stereocenters. The van der Waals surface area contributed by atoms with E-state index in [2.05, 4.69) is 47.3 Å². The van der Waals surface area contributed by atoms with Crippen LogP contribution >= 0.6 is 15.9 Å². The molecule has 0 aliphatic rings. The molecule has 0 amide bonds. The molecule has 92 valence electrons. The van der Waals surface area contributed by atoms with Crippen LogP contribution in [0.5, 0.6) is 0 Å². The standard InChI is InChI=1S/C15H15BrN2/c1-10-11(2)18(12(3)15(10)16)9-14-6-4-13(8-17)5-7-14/h4-7H,9H2,1-3H3. The minimum absolute atomic E-state index is 0.706. The molecule has 2 nitrogen and oxygen atoms in total. The monoisotopic (exact) mass is 302 g/mol. The molecule has 0 saturated carbocycles. The number of rotatable bonds is 2. The van der Waals surface area contributed by atoms with Crippen molar-refractivity contribution in [1.82, 2.24) is 4.57 Å². The first-order valence-electron chi connectivity index (χ1n) is 5.85. The molecule has 1 aromatic carbocycles. The smallest absolute Gasteiger partial charge is 0.0991 e. The van der Waals surface area contributed by atoms with Gasteiger partial charge in [-0.15, -0.1) is 0 Å². The molecule has 0 saturated heterocycles. The van der Waals surface area contributed by atoms with Crippen molar-refractivity contribution in [3.63, 3.8) is 0 Å². The van der Waals surface area contributed by atoms with Crippen molar-refractivity contribution < 1.29 is 0 Å². The first-order valence-corrected chi connectivity index (χ1v) is 6.64. The lowest BCUT2D eigenvalue weighted by Crippen LogP contribution is -2.04. The maximum absolute atomic E-state index is 8.78. The maximum atomic E-state index is 8.78. The third-order valence-corrected chi connectivity index (χ3v) is 4.59. The number of aromatic nitrogens is 1. The lowest BCUT2D eigenvalue weighted by atomic mass is 10.1. The fourth-order valence-electron chi connectivity index (χ4n) is 2.11. The summed E-state index contributed by atoms with van der Waals surface area (Å²) in [4.78, 5) is 0. The lowest BCUT2D eigenvalue weighted by molar-refractivity contribution is 0.746. The Labute approximate surface area is 116 Å². The van der Waals surface area contributed by atoms with Gasteiger partial charge in [0.25, 0.3) is 0 Å². The number of nitrogens with zero attached hydrogens (tertiary/aromatic N) is 2. The molecule has 1 heterocycles. The summed E-state index contributed by atoms with van der Waals surface area (Å²) >= 11 is 3.62. The molecule has 0 N–H and O–H groups in total. The van der Waals surface area contributed by atoms with E-state index >= 15 is 0 Å². The Hall–Kier alpha value is -1.53. The molecule has 0 bridgehead atoms. The zero-order valence-electron chi connectivity index (χ0n) is 10.8. The number of halogens is 1. The predicted molar refractivity (Wildman–Crippen MR) is 76.6 cm³/mol. The largest absolute Gasteiger partial charge is 0.343 e. The van der Waals surface area contributed by atoms with Crippen molar-refractivity contribution in [1.29, 1.82) is 5.26 Å². The second-order valence-electron chi connectivity index (χ2n) is 4.50. The highest BCUT2D eigenvalue weighted by Gasteiger charge is 2.12. The fourth-order valence-corrected chi connectivity index (χ4v) is 2.61. The molecule has 0 radical (unpaired) electrons. The summed E-state index contributed by atoms with van der Waals surface area (Å²) in [7, 11) is 0. The van der Waals surface area contributed by atoms with Gasteiger partial charge >= 0.3 is 0 Å². The Kier molecular flexibility index (Phi) is 3.58. The van der Waals surface area contributed by atoms with Crippen LogP contribution in [0.1, 0.15) is 28.1 Å². The molecular weight excluding hydrogens is 288 g/mol. The van der Waals surface area contributed by atoms with Gasteiger partial charge in [0.2, 0.25) is 0 Å². The van der Waals surface area contributed by atoms with Gasteiger partial charge in [-0.25, -0.2) is 0 Å². The zero-order chi connectivity index (χ0) is 13.3. The van der Waals surface area contributed by atoms with Crippen molar-refractivity contribution in [2.45, 2.75) is 27.3 Å². The summed E-state index contributed by atoms with van der Waals surface area (Å²) in [6.07, 6.45) is 0. The minimum atomic E-state index is 0.706. The van der Waals surface area contributed by atoms with Gasteiger partial charge < -0.3 is 4.57 Å². The quantitative estimate of drug-likeness (QED) is 0.821. The molecule has 2 rings (SSSR count). The van der Waals surface area contributed by atoms with Crippen LogP contribution in [0.4, 0.5) is 0 Å². The Bertz CT molecular complexity index is 590. The van der Waals surface area contributed by atoms with Crippen molar-refractivity contribution in [3.8, 4) is 6.07 Å². The van der Waals surface area contributed by atoms with Crippen molar-refractivity contribution in [3.05, 3.63) is 56.8 Å². The molecule has 0 spiro atoms. The van der Waals surface area contributed by atoms with Gasteiger partial charge in [0.15, 0.2) is 0 Å². The molecule has 0 aliphatic heterocycles. The Balaban J connectivity index is 2.34. The highest BCUT2D eigenvalue weighted by atomic mass is 79.9. The van der Waals surface area contributed by atoms with Crippen LogP contribution < -0.4 is 0 Å². The van der Waals surface area contributed by atoms with E-state index in [4.69, 9.17) is 5.26 Å². The summed E-state index contributed by atoms with van der Waals surface area (Å²) < 4.78 is 3.48. The van der Waals surface area contributed by atoms with Crippen molar-refractivity contribution >= 4 is 15.9 Å². The normalized spacial score (nSPS) is 10.4. The molecule has 2 aromatic rings. The Morgan fingerprint density at radius 2 is 1.72 bits per heavy atom. The van der Waals surface area contributed by atoms with E-state index in [-0.39, 0.29) is 0 Å². The van der Waals surface area contributed by atoms with E-state index in [1.165, 1.54) is 27.0 Å². The molecule has 18 heavy (non-hydrogen) atoms. The van der Waals surface area contributed by atoms with Gasteiger partial charge in [0.1, 0.15) is 0 Å². The van der Waals surface area contributed by atoms with Gasteiger partial charge in [-0.05, 0) is 60.0 Å². The third kappa shape index (κ3) is 2.21. The van der Waals surface area contributed by atoms with E-state index in [1.54, 1.807) is 0 Å². The highest BCUT2D eigenvalue weighted by Crippen LogP contribution is 2.27. The van der Waals surface area contributed by atoms with Crippen LogP contribution in [0.15, 0.2) is 28.7 Å². The van der Waals surface area contributed by atoms with Crippen LogP contribution in [0.2, 0.25) is 0 Å². The maximum Gasteiger partial charge on any atom is 0.0991 e. The van der Waals surface area contributed by atoms with E-state index in [9.17, 15) is 0 Å². The Morgan fingerprint density at radius 1 is 1.11 bits per heavy atom. The molecule has 0 aliphatic carbocycles. The molecule has 1 aromatic heterocycles. The SMILES string of the molecule is Cc1c(Br)c(C)n(Cc2ccc(C#N)cc2)c1C. The Morgan fingerprint density at radius 3 is 2.17 bits per heavy atom. The second kappa shape index (κ2) is 4.99. The van der Waals surface area contributed by atoms with E-state index < -0.39 is 0 Å². The number of hydrogen-bond acceptors (Lipinski definition) is 1. The van der Waals surface area contributed by atoms with Gasteiger partial charge in [-0.3, -0.25) is 0 Å². The van der Waals surface area contributed by atoms with Crippen LogP contribution in [0, 0.1) is 32.1 Å². The number of hydrogen-bond donors (Lipinski definition) is 0. The number of nitriles is 1. The van der Waals surface area contributed by atoms with Gasteiger partial charge in [0.05, 0.1) is 11.6 Å². The lowest BCUT2D eigenvalue weighted by Gasteiger charge is -2.09. The number of benzene rings is 1.